The Labute approximate surface area is 73.3 Å². The first-order valence-electron chi connectivity index (χ1n) is 4.53. The van der Waals surface area contributed by atoms with Crippen LogP contribution in [0.4, 0.5) is 0 Å². The van der Waals surface area contributed by atoms with Crippen LogP contribution < -0.4 is 5.06 Å². The second-order valence-corrected chi connectivity index (χ2v) is 3.69. The van der Waals surface area contributed by atoms with Gasteiger partial charge in [-0.25, -0.2) is 0 Å². The zero-order valence-electron chi connectivity index (χ0n) is 7.79. The molecule has 0 aromatic rings. The first-order chi connectivity index (χ1) is 5.61. The molecule has 12 heavy (non-hydrogen) atoms. The van der Waals surface area contributed by atoms with Gasteiger partial charge in [0.1, 0.15) is 0 Å². The molecule has 4 nitrogen and oxygen atoms in total. The molecule has 0 amide bonds. The molecular formula is C8H18N2O2. The quantitative estimate of drug-likeness (QED) is 0.562. The molecule has 2 N–H and O–H groups in total. The van der Waals surface area contributed by atoms with Crippen LogP contribution >= 0.6 is 0 Å². The lowest BCUT2D eigenvalue weighted by molar-refractivity contribution is -0.856. The summed E-state index contributed by atoms with van der Waals surface area (Å²) < 4.78 is 0. The molecule has 1 fully saturated rings. The highest BCUT2D eigenvalue weighted by Crippen LogP contribution is 2.19. The fourth-order valence-corrected chi connectivity index (χ4v) is 1.86. The molecule has 0 aromatic heterocycles. The topological polar surface area (TPSA) is 51.0 Å². The third-order valence-electron chi connectivity index (χ3n) is 2.80. The van der Waals surface area contributed by atoms with Gasteiger partial charge in [0.05, 0.1) is 13.1 Å². The van der Waals surface area contributed by atoms with Gasteiger partial charge in [-0.2, -0.15) is 5.06 Å². The van der Waals surface area contributed by atoms with Gasteiger partial charge in [0, 0.05) is 25.9 Å². The van der Waals surface area contributed by atoms with Crippen LogP contribution in [0.1, 0.15) is 25.7 Å². The van der Waals surface area contributed by atoms with Crippen molar-refractivity contribution in [1.29, 1.82) is 0 Å². The zero-order valence-corrected chi connectivity index (χ0v) is 7.79. The van der Waals surface area contributed by atoms with Crippen molar-refractivity contribution in [2.75, 3.05) is 14.1 Å². The van der Waals surface area contributed by atoms with E-state index in [2.05, 4.69) is 0 Å². The lowest BCUT2D eigenvalue weighted by Crippen LogP contribution is -3.08. The fourth-order valence-electron chi connectivity index (χ4n) is 1.86. The van der Waals surface area contributed by atoms with Crippen molar-refractivity contribution >= 4 is 0 Å². The average Bonchev–Trinajstić information content (AvgIpc) is 2.04. The Balaban J connectivity index is 2.30. The van der Waals surface area contributed by atoms with Gasteiger partial charge < -0.3 is 15.5 Å². The maximum Gasteiger partial charge on any atom is 0.0871 e. The van der Waals surface area contributed by atoms with Crippen LogP contribution in [0.15, 0.2) is 0 Å². The van der Waals surface area contributed by atoms with Crippen LogP contribution in [-0.2, 0) is 0 Å². The molecule has 1 aliphatic rings. The van der Waals surface area contributed by atoms with E-state index in [1.165, 1.54) is 5.06 Å². The van der Waals surface area contributed by atoms with Gasteiger partial charge in [0.15, 0.2) is 0 Å². The van der Waals surface area contributed by atoms with Crippen LogP contribution in [-0.4, -0.2) is 36.4 Å². The Morgan fingerprint density at radius 1 is 1.33 bits per heavy atom. The van der Waals surface area contributed by atoms with Crippen LogP contribution in [0.2, 0.25) is 0 Å². The molecule has 1 rings (SSSR count). The minimum atomic E-state index is 0.251. The summed E-state index contributed by atoms with van der Waals surface area (Å²) in [5.41, 5.74) is 0. The fraction of sp³-hybridized carbons (Fsp3) is 1.00. The molecule has 1 aliphatic carbocycles. The molecule has 72 valence electrons. The van der Waals surface area contributed by atoms with E-state index in [0.717, 1.165) is 25.7 Å². The van der Waals surface area contributed by atoms with Crippen LogP contribution in [0.3, 0.4) is 0 Å². The molecule has 4 heteroatoms. The summed E-state index contributed by atoms with van der Waals surface area (Å²) in [6.45, 7) is 0. The summed E-state index contributed by atoms with van der Waals surface area (Å²) >= 11 is 0. The molecule has 0 spiro atoms. The number of nitrogens with zero attached hydrogens (tertiary/aromatic N) is 1. The van der Waals surface area contributed by atoms with Crippen LogP contribution in [0.5, 0.6) is 0 Å². The second kappa shape index (κ2) is 4.18. The summed E-state index contributed by atoms with van der Waals surface area (Å²) in [6.07, 6.45) is 3.75. The predicted octanol–water partition coefficient (Wildman–Crippen LogP) is -0.369. The predicted molar refractivity (Wildman–Crippen MR) is 45.8 cm³/mol. The van der Waals surface area contributed by atoms with Gasteiger partial charge in [-0.3, -0.25) is 0 Å². The Kier molecular flexibility index (Phi) is 3.46. The lowest BCUT2D eigenvalue weighted by Gasteiger charge is -2.35. The molecule has 0 radical (unpaired) electrons. The van der Waals surface area contributed by atoms with Gasteiger partial charge >= 0.3 is 0 Å². The number of nitrogens with one attached hydrogen (secondary N) is 1. The second-order valence-electron chi connectivity index (χ2n) is 3.69. The van der Waals surface area contributed by atoms with Gasteiger partial charge in [-0.15, -0.1) is 0 Å². The highest BCUT2D eigenvalue weighted by atomic mass is 16.5. The molecule has 0 saturated heterocycles. The Morgan fingerprint density at radius 3 is 2.17 bits per heavy atom. The first-order valence-corrected chi connectivity index (χ1v) is 4.53. The smallest absolute Gasteiger partial charge is 0.0871 e. The van der Waals surface area contributed by atoms with Crippen LogP contribution in [0.25, 0.3) is 0 Å². The molecular weight excluding hydrogens is 156 g/mol. The van der Waals surface area contributed by atoms with E-state index in [-0.39, 0.29) is 12.1 Å². The molecule has 0 aliphatic heterocycles. The van der Waals surface area contributed by atoms with E-state index in [1.54, 1.807) is 14.1 Å². The van der Waals surface area contributed by atoms with Crippen molar-refractivity contribution in [3.63, 3.8) is 0 Å². The average molecular weight is 174 g/mol. The standard InChI is InChI=1S/C8H18N2O2/c1-9(11)7-3-5-8(6-4-7)10(2)12/h7-9,12H,3-6H2,1-2H3. The van der Waals surface area contributed by atoms with Gasteiger partial charge in [-0.1, -0.05) is 0 Å². The summed E-state index contributed by atoms with van der Waals surface area (Å²) in [4.78, 5) is 0. The lowest BCUT2D eigenvalue weighted by atomic mass is 9.91. The van der Waals surface area contributed by atoms with E-state index in [1.807, 2.05) is 0 Å². The van der Waals surface area contributed by atoms with Crippen molar-refractivity contribution in [1.82, 2.24) is 5.06 Å². The van der Waals surface area contributed by atoms with E-state index in [4.69, 9.17) is 5.21 Å². The highest BCUT2D eigenvalue weighted by molar-refractivity contribution is 4.74. The molecule has 1 saturated carbocycles. The van der Waals surface area contributed by atoms with Crippen molar-refractivity contribution < 1.29 is 10.3 Å². The monoisotopic (exact) mass is 174 g/mol. The largest absolute Gasteiger partial charge is 0.634 e. The minimum absolute atomic E-state index is 0.251. The van der Waals surface area contributed by atoms with E-state index < -0.39 is 0 Å². The number of rotatable bonds is 2. The maximum absolute atomic E-state index is 11.0. The molecule has 0 aromatic carbocycles. The maximum atomic E-state index is 11.0. The zero-order chi connectivity index (χ0) is 9.14. The number of hydrogen-bond donors (Lipinski definition) is 2. The van der Waals surface area contributed by atoms with Gasteiger partial charge in [0.2, 0.25) is 0 Å². The molecule has 1 atom stereocenters. The third kappa shape index (κ3) is 2.42. The third-order valence-corrected chi connectivity index (χ3v) is 2.80. The Bertz CT molecular complexity index is 115. The van der Waals surface area contributed by atoms with Crippen molar-refractivity contribution in [2.24, 2.45) is 0 Å². The van der Waals surface area contributed by atoms with Crippen LogP contribution in [0, 0.1) is 5.21 Å². The van der Waals surface area contributed by atoms with E-state index in [9.17, 15) is 5.21 Å². The SMILES string of the molecule is CN(O)C1CCC([NH+](C)[O-])CC1. The summed E-state index contributed by atoms with van der Waals surface area (Å²) in [7, 11) is 3.34. The normalized spacial score (nSPS) is 33.8. The molecule has 1 unspecified atom stereocenters. The summed E-state index contributed by atoms with van der Waals surface area (Å²) in [6, 6.07) is 0.516. The number of quaternary nitrogens is 1. The van der Waals surface area contributed by atoms with Crippen molar-refractivity contribution in [3.8, 4) is 0 Å². The molecule has 0 bridgehead atoms. The first kappa shape index (κ1) is 9.92. The van der Waals surface area contributed by atoms with E-state index >= 15 is 0 Å². The van der Waals surface area contributed by atoms with Crippen molar-refractivity contribution in [2.45, 2.75) is 37.8 Å². The number of hydroxylamine groups is 4. The minimum Gasteiger partial charge on any atom is -0.634 e. The summed E-state index contributed by atoms with van der Waals surface area (Å²) in [5, 5.41) is 21.7. The van der Waals surface area contributed by atoms with Gasteiger partial charge in [0.25, 0.3) is 0 Å². The van der Waals surface area contributed by atoms with E-state index in [0.29, 0.717) is 5.06 Å². The van der Waals surface area contributed by atoms with Gasteiger partial charge in [-0.05, 0) is 12.8 Å². The highest BCUT2D eigenvalue weighted by Gasteiger charge is 2.25. The van der Waals surface area contributed by atoms with Crippen molar-refractivity contribution in [3.05, 3.63) is 5.21 Å². The summed E-state index contributed by atoms with van der Waals surface area (Å²) in [5.74, 6) is 0. The molecule has 0 heterocycles. The number of hydrogen-bond acceptors (Lipinski definition) is 3. The Hall–Kier alpha value is -0.160. The Morgan fingerprint density at radius 2 is 1.83 bits per heavy atom.